The van der Waals surface area contributed by atoms with E-state index in [4.69, 9.17) is 10.5 Å². The van der Waals surface area contributed by atoms with Crippen LogP contribution in [0.4, 0.5) is 33.6 Å². The SMILES string of the molecule is NC(=O)CN1CCC(CNc2ncnc(N3CCOCC3c3ccc(C(F)(F)F)cc3)c2F)C(F)C1. The number of carbonyl (C=O) groups is 1. The number of piperidine rings is 1. The third kappa shape index (κ3) is 6.01. The lowest BCUT2D eigenvalue weighted by atomic mass is 9.95. The fourth-order valence-electron chi connectivity index (χ4n) is 4.55. The lowest BCUT2D eigenvalue weighted by molar-refractivity contribution is -0.137. The van der Waals surface area contributed by atoms with Gasteiger partial charge in [0.25, 0.3) is 0 Å². The molecule has 0 aliphatic carbocycles. The van der Waals surface area contributed by atoms with Crippen LogP contribution in [-0.4, -0.2) is 72.9 Å². The van der Waals surface area contributed by atoms with Crippen molar-refractivity contribution >= 4 is 17.5 Å². The van der Waals surface area contributed by atoms with Gasteiger partial charge in [-0.3, -0.25) is 9.69 Å². The number of carbonyl (C=O) groups excluding carboxylic acids is 1. The molecule has 2 aliphatic heterocycles. The van der Waals surface area contributed by atoms with Gasteiger partial charge in [0.15, 0.2) is 11.6 Å². The molecule has 0 radical (unpaired) electrons. The maximum Gasteiger partial charge on any atom is 0.416 e. The fourth-order valence-corrected chi connectivity index (χ4v) is 4.55. The quantitative estimate of drug-likeness (QED) is 0.549. The molecule has 4 rings (SSSR count). The van der Waals surface area contributed by atoms with E-state index in [1.165, 1.54) is 18.5 Å². The van der Waals surface area contributed by atoms with Gasteiger partial charge in [0.05, 0.1) is 31.4 Å². The highest BCUT2D eigenvalue weighted by atomic mass is 19.4. The number of ether oxygens (including phenoxy) is 1. The molecule has 2 saturated heterocycles. The molecular formula is C23H27F5N6O2. The van der Waals surface area contributed by atoms with Crippen molar-refractivity contribution in [2.75, 3.05) is 56.2 Å². The van der Waals surface area contributed by atoms with E-state index in [2.05, 4.69) is 15.3 Å². The average Bonchev–Trinajstić information content (AvgIpc) is 2.83. The van der Waals surface area contributed by atoms with Crippen molar-refractivity contribution < 1.29 is 31.5 Å². The zero-order valence-electron chi connectivity index (χ0n) is 19.3. The summed E-state index contributed by atoms with van der Waals surface area (Å²) in [7, 11) is 0. The van der Waals surface area contributed by atoms with Crippen LogP contribution < -0.4 is 16.0 Å². The number of morpholine rings is 1. The number of benzene rings is 1. The van der Waals surface area contributed by atoms with Gasteiger partial charge in [-0.25, -0.2) is 14.4 Å². The van der Waals surface area contributed by atoms with Crippen LogP contribution in [0.15, 0.2) is 30.6 Å². The molecule has 1 aromatic heterocycles. The van der Waals surface area contributed by atoms with Gasteiger partial charge in [-0.2, -0.15) is 17.6 Å². The summed E-state index contributed by atoms with van der Waals surface area (Å²) in [6.07, 6.45) is -4.04. The van der Waals surface area contributed by atoms with Crippen LogP contribution >= 0.6 is 0 Å². The molecule has 196 valence electrons. The summed E-state index contributed by atoms with van der Waals surface area (Å²) >= 11 is 0. The van der Waals surface area contributed by atoms with E-state index in [1.54, 1.807) is 9.80 Å². The number of halogens is 5. The van der Waals surface area contributed by atoms with Gasteiger partial charge < -0.3 is 20.7 Å². The molecule has 3 unspecified atom stereocenters. The maximum absolute atomic E-state index is 15.5. The van der Waals surface area contributed by atoms with Crippen LogP contribution in [0.3, 0.4) is 0 Å². The molecule has 36 heavy (non-hydrogen) atoms. The highest BCUT2D eigenvalue weighted by Gasteiger charge is 2.33. The normalized spacial score (nSPS) is 23.5. The number of likely N-dealkylation sites (tertiary alicyclic amines) is 1. The van der Waals surface area contributed by atoms with Crippen LogP contribution in [0.5, 0.6) is 0 Å². The summed E-state index contributed by atoms with van der Waals surface area (Å²) in [5.74, 6) is -1.78. The zero-order valence-corrected chi connectivity index (χ0v) is 19.3. The number of nitrogens with two attached hydrogens (primary N) is 1. The van der Waals surface area contributed by atoms with E-state index in [9.17, 15) is 22.4 Å². The van der Waals surface area contributed by atoms with Crippen molar-refractivity contribution in [3.63, 3.8) is 0 Å². The zero-order chi connectivity index (χ0) is 25.9. The Morgan fingerprint density at radius 3 is 2.61 bits per heavy atom. The molecule has 3 N–H and O–H groups in total. The summed E-state index contributed by atoms with van der Waals surface area (Å²) in [5.41, 5.74) is 4.92. The minimum Gasteiger partial charge on any atom is -0.377 e. The number of hydrogen-bond acceptors (Lipinski definition) is 7. The van der Waals surface area contributed by atoms with Gasteiger partial charge in [-0.1, -0.05) is 12.1 Å². The van der Waals surface area contributed by atoms with Crippen LogP contribution in [0.2, 0.25) is 0 Å². The molecule has 0 bridgehead atoms. The summed E-state index contributed by atoms with van der Waals surface area (Å²) in [5, 5.41) is 2.87. The Labute approximate surface area is 204 Å². The van der Waals surface area contributed by atoms with Gasteiger partial charge in [0.1, 0.15) is 12.5 Å². The number of amides is 1. The first-order chi connectivity index (χ1) is 17.1. The first-order valence-electron chi connectivity index (χ1n) is 11.5. The molecule has 1 aromatic carbocycles. The molecule has 0 saturated carbocycles. The number of anilines is 2. The molecule has 2 aliphatic rings. The number of nitrogens with one attached hydrogen (secondary N) is 1. The lowest BCUT2D eigenvalue weighted by Gasteiger charge is -2.37. The molecule has 3 atom stereocenters. The van der Waals surface area contributed by atoms with Crippen LogP contribution in [0.25, 0.3) is 0 Å². The van der Waals surface area contributed by atoms with E-state index in [1.807, 2.05) is 0 Å². The van der Waals surface area contributed by atoms with Crippen LogP contribution in [0, 0.1) is 11.7 Å². The first-order valence-corrected chi connectivity index (χ1v) is 11.5. The number of nitrogens with zero attached hydrogens (tertiary/aromatic N) is 4. The number of alkyl halides is 4. The molecular weight excluding hydrogens is 487 g/mol. The fraction of sp³-hybridized carbons (Fsp3) is 0.522. The number of rotatable bonds is 7. The maximum atomic E-state index is 15.5. The molecule has 1 amide bonds. The predicted molar refractivity (Wildman–Crippen MR) is 121 cm³/mol. The molecule has 2 aromatic rings. The molecule has 13 heteroatoms. The van der Waals surface area contributed by atoms with Crippen LogP contribution in [-0.2, 0) is 15.7 Å². The third-order valence-corrected chi connectivity index (χ3v) is 6.47. The summed E-state index contributed by atoms with van der Waals surface area (Å²) in [6, 6.07) is 4.10. The van der Waals surface area contributed by atoms with Crippen molar-refractivity contribution in [2.24, 2.45) is 11.7 Å². The number of primary amides is 1. The minimum absolute atomic E-state index is 0.00981. The Balaban J connectivity index is 1.46. The van der Waals surface area contributed by atoms with E-state index >= 15 is 4.39 Å². The Hall–Kier alpha value is -3.06. The van der Waals surface area contributed by atoms with E-state index in [0.717, 1.165) is 12.1 Å². The van der Waals surface area contributed by atoms with E-state index < -0.39 is 41.6 Å². The van der Waals surface area contributed by atoms with Crippen LogP contribution in [0.1, 0.15) is 23.6 Å². The average molecular weight is 514 g/mol. The largest absolute Gasteiger partial charge is 0.416 e. The standard InChI is InChI=1S/C23H27F5N6O2/c24-17-10-33(11-19(29)35)6-5-15(17)9-30-21-20(25)22(32-13-31-21)34-7-8-36-12-18(34)14-1-3-16(4-2-14)23(26,27)28/h1-4,13,15,17-18H,5-12H2,(H2,29,35)(H,30,31,32). The van der Waals surface area contributed by atoms with Crippen molar-refractivity contribution in [1.82, 2.24) is 14.9 Å². The third-order valence-electron chi connectivity index (χ3n) is 6.47. The smallest absolute Gasteiger partial charge is 0.377 e. The Morgan fingerprint density at radius 1 is 1.19 bits per heavy atom. The lowest BCUT2D eigenvalue weighted by Crippen LogP contribution is -2.46. The van der Waals surface area contributed by atoms with Gasteiger partial charge >= 0.3 is 6.18 Å². The van der Waals surface area contributed by atoms with Gasteiger partial charge in [0, 0.05) is 25.6 Å². The molecule has 8 nitrogen and oxygen atoms in total. The highest BCUT2D eigenvalue weighted by Crippen LogP contribution is 2.34. The monoisotopic (exact) mass is 514 g/mol. The predicted octanol–water partition coefficient (Wildman–Crippen LogP) is 2.77. The minimum atomic E-state index is -4.46. The van der Waals surface area contributed by atoms with E-state index in [0.29, 0.717) is 18.5 Å². The van der Waals surface area contributed by atoms with Crippen molar-refractivity contribution in [1.29, 1.82) is 0 Å². The highest BCUT2D eigenvalue weighted by molar-refractivity contribution is 5.75. The summed E-state index contributed by atoms with van der Waals surface area (Å²) in [6.45, 7) is 1.38. The van der Waals surface area contributed by atoms with Crippen molar-refractivity contribution in [2.45, 2.75) is 24.8 Å². The Morgan fingerprint density at radius 2 is 1.94 bits per heavy atom. The molecule has 2 fully saturated rings. The van der Waals surface area contributed by atoms with Crippen molar-refractivity contribution in [3.05, 3.63) is 47.5 Å². The number of hydrogen-bond donors (Lipinski definition) is 2. The second-order valence-corrected chi connectivity index (χ2v) is 8.91. The topological polar surface area (TPSA) is 96.6 Å². The first kappa shape index (κ1) is 26.0. The van der Waals surface area contributed by atoms with Gasteiger partial charge in [-0.05, 0) is 30.7 Å². The molecule has 3 heterocycles. The molecule has 0 spiro atoms. The Kier molecular flexibility index (Phi) is 7.88. The second-order valence-electron chi connectivity index (χ2n) is 8.91. The Bertz CT molecular complexity index is 1050. The van der Waals surface area contributed by atoms with E-state index in [-0.39, 0.29) is 51.0 Å². The second kappa shape index (κ2) is 10.9. The van der Waals surface area contributed by atoms with Crippen molar-refractivity contribution in [3.8, 4) is 0 Å². The summed E-state index contributed by atoms with van der Waals surface area (Å²) < 4.78 is 74.4. The summed E-state index contributed by atoms with van der Waals surface area (Å²) in [4.78, 5) is 22.4. The number of aromatic nitrogens is 2. The van der Waals surface area contributed by atoms with Gasteiger partial charge in [-0.15, -0.1) is 0 Å². The van der Waals surface area contributed by atoms with Gasteiger partial charge in [0.2, 0.25) is 11.7 Å².